The molecule has 0 saturated carbocycles. The number of unbranched alkanes of at least 4 members (excludes halogenated alkanes) is 1. The minimum Gasteiger partial charge on any atom is -0.236 e. The summed E-state index contributed by atoms with van der Waals surface area (Å²) in [7, 11) is 0. The van der Waals surface area contributed by atoms with Gasteiger partial charge in [0, 0.05) is 17.3 Å². The van der Waals surface area contributed by atoms with Crippen LogP contribution in [0.3, 0.4) is 0 Å². The molecule has 0 spiro atoms. The van der Waals surface area contributed by atoms with Crippen molar-refractivity contribution >= 4 is 0 Å². The molecule has 0 unspecified atom stereocenters. The van der Waals surface area contributed by atoms with Crippen molar-refractivity contribution in [2.24, 2.45) is 0 Å². The second-order valence-corrected chi connectivity index (χ2v) is 7.92. The van der Waals surface area contributed by atoms with Gasteiger partial charge in [-0.15, -0.1) is 0 Å². The van der Waals surface area contributed by atoms with Crippen molar-refractivity contribution in [3.05, 3.63) is 109 Å². The molecule has 32 heavy (non-hydrogen) atoms. The van der Waals surface area contributed by atoms with Crippen LogP contribution >= 0.6 is 0 Å². The fraction of sp³-hybridized carbons (Fsp3) is 0.143. The lowest BCUT2D eigenvalue weighted by atomic mass is 10.1. The van der Waals surface area contributed by atoms with Crippen LogP contribution in [0.1, 0.15) is 25.3 Å². The third-order valence-corrected chi connectivity index (χ3v) is 5.64. The Morgan fingerprint density at radius 2 is 1.38 bits per heavy atom. The molecule has 158 valence electrons. The first-order chi connectivity index (χ1) is 15.8. The Hall–Kier alpha value is -3.92. The Bertz CT molecular complexity index is 1290. The molecule has 0 fully saturated rings. The molecule has 0 aliphatic rings. The number of hydrogen-bond acceptors (Lipinski definition) is 2. The van der Waals surface area contributed by atoms with Crippen LogP contribution in [0.25, 0.3) is 33.9 Å². The molecule has 3 aromatic carbocycles. The summed E-state index contributed by atoms with van der Waals surface area (Å²) in [4.78, 5) is 0. The first-order valence-corrected chi connectivity index (χ1v) is 11.2. The van der Waals surface area contributed by atoms with Gasteiger partial charge in [0.1, 0.15) is 17.1 Å². The van der Waals surface area contributed by atoms with Crippen LogP contribution in [0.15, 0.2) is 103 Å². The molecule has 0 aliphatic carbocycles. The van der Waals surface area contributed by atoms with Crippen molar-refractivity contribution in [1.82, 2.24) is 19.6 Å². The van der Waals surface area contributed by atoms with E-state index in [0.717, 1.165) is 46.7 Å². The van der Waals surface area contributed by atoms with Gasteiger partial charge in [0.2, 0.25) is 0 Å². The van der Waals surface area contributed by atoms with E-state index in [1.807, 2.05) is 45.9 Å². The Morgan fingerprint density at radius 1 is 0.750 bits per heavy atom. The summed E-state index contributed by atoms with van der Waals surface area (Å²) in [5.74, 6) is 0. The maximum Gasteiger partial charge on any atom is 0.119 e. The number of aryl methyl sites for hydroxylation is 1. The van der Waals surface area contributed by atoms with Gasteiger partial charge in [-0.1, -0.05) is 92.2 Å². The predicted octanol–water partition coefficient (Wildman–Crippen LogP) is 6.73. The topological polar surface area (TPSA) is 35.6 Å². The standard InChI is InChI=1S/C28H26N4/c1-2-3-13-22-20-29-31(21-22)28-26(23-14-7-4-8-15-23)30-32(25-18-11-6-12-19-25)27(28)24-16-9-5-10-17-24/h4-12,14-21H,2-3,13H2,1H3. The third kappa shape index (κ3) is 3.87. The van der Waals surface area contributed by atoms with Crippen molar-refractivity contribution < 1.29 is 0 Å². The number of aromatic nitrogens is 4. The summed E-state index contributed by atoms with van der Waals surface area (Å²) in [6.07, 6.45) is 7.50. The van der Waals surface area contributed by atoms with E-state index in [0.29, 0.717) is 0 Å². The highest BCUT2D eigenvalue weighted by Gasteiger charge is 2.23. The van der Waals surface area contributed by atoms with E-state index in [1.165, 1.54) is 12.0 Å². The zero-order chi connectivity index (χ0) is 21.8. The van der Waals surface area contributed by atoms with Gasteiger partial charge < -0.3 is 0 Å². The molecule has 0 saturated heterocycles. The monoisotopic (exact) mass is 418 g/mol. The van der Waals surface area contributed by atoms with Gasteiger partial charge in [-0.25, -0.2) is 9.36 Å². The number of benzene rings is 3. The van der Waals surface area contributed by atoms with Crippen molar-refractivity contribution in [2.45, 2.75) is 26.2 Å². The summed E-state index contributed by atoms with van der Waals surface area (Å²) in [6, 6.07) is 31.1. The molecular formula is C28H26N4. The molecule has 2 heterocycles. The molecule has 0 atom stereocenters. The molecule has 0 radical (unpaired) electrons. The molecule has 0 bridgehead atoms. The van der Waals surface area contributed by atoms with Crippen LogP contribution in [0.5, 0.6) is 0 Å². The van der Waals surface area contributed by atoms with Crippen LogP contribution in [0.2, 0.25) is 0 Å². The molecule has 0 N–H and O–H groups in total. The van der Waals surface area contributed by atoms with Crippen molar-refractivity contribution in [1.29, 1.82) is 0 Å². The zero-order valence-corrected chi connectivity index (χ0v) is 18.2. The molecule has 0 aliphatic heterocycles. The lowest BCUT2D eigenvalue weighted by Gasteiger charge is -2.10. The van der Waals surface area contributed by atoms with Crippen molar-refractivity contribution in [3.63, 3.8) is 0 Å². The van der Waals surface area contributed by atoms with Crippen LogP contribution in [0.4, 0.5) is 0 Å². The minimum absolute atomic E-state index is 0.915. The normalized spacial score (nSPS) is 11.0. The highest BCUT2D eigenvalue weighted by atomic mass is 15.4. The summed E-state index contributed by atoms with van der Waals surface area (Å²) < 4.78 is 4.04. The summed E-state index contributed by atoms with van der Waals surface area (Å²) >= 11 is 0. The van der Waals surface area contributed by atoms with E-state index in [1.54, 1.807) is 0 Å². The van der Waals surface area contributed by atoms with E-state index >= 15 is 0 Å². The third-order valence-electron chi connectivity index (χ3n) is 5.64. The largest absolute Gasteiger partial charge is 0.236 e. The van der Waals surface area contributed by atoms with E-state index in [9.17, 15) is 0 Å². The van der Waals surface area contributed by atoms with Gasteiger partial charge in [0.15, 0.2) is 0 Å². The van der Waals surface area contributed by atoms with Gasteiger partial charge in [-0.05, 0) is 30.5 Å². The predicted molar refractivity (Wildman–Crippen MR) is 130 cm³/mol. The summed E-state index contributed by atoms with van der Waals surface area (Å²) in [5.41, 5.74) is 7.38. The number of para-hydroxylation sites is 1. The van der Waals surface area contributed by atoms with Crippen LogP contribution in [0, 0.1) is 0 Å². The first-order valence-electron chi connectivity index (χ1n) is 11.2. The highest BCUT2D eigenvalue weighted by molar-refractivity contribution is 5.82. The quantitative estimate of drug-likeness (QED) is 0.294. The molecule has 0 amide bonds. The SMILES string of the molecule is CCCCc1cnn(-c2c(-c3ccccc3)nn(-c3ccccc3)c2-c2ccccc2)c1. The first kappa shape index (κ1) is 20.0. The maximum atomic E-state index is 5.13. The minimum atomic E-state index is 0.915. The Balaban J connectivity index is 1.79. The van der Waals surface area contributed by atoms with Gasteiger partial charge >= 0.3 is 0 Å². The van der Waals surface area contributed by atoms with E-state index in [4.69, 9.17) is 10.2 Å². The number of hydrogen-bond donors (Lipinski definition) is 0. The van der Waals surface area contributed by atoms with Crippen LogP contribution in [-0.4, -0.2) is 19.6 Å². The van der Waals surface area contributed by atoms with Gasteiger partial charge in [0.05, 0.1) is 11.9 Å². The molecular weight excluding hydrogens is 392 g/mol. The van der Waals surface area contributed by atoms with Crippen LogP contribution < -0.4 is 0 Å². The average molecular weight is 419 g/mol. The molecule has 5 rings (SSSR count). The Kier molecular flexibility index (Phi) is 5.67. The fourth-order valence-electron chi connectivity index (χ4n) is 4.02. The van der Waals surface area contributed by atoms with Gasteiger partial charge in [-0.2, -0.15) is 10.2 Å². The fourth-order valence-corrected chi connectivity index (χ4v) is 4.02. The van der Waals surface area contributed by atoms with Crippen molar-refractivity contribution in [3.8, 4) is 33.9 Å². The Morgan fingerprint density at radius 3 is 2.03 bits per heavy atom. The average Bonchev–Trinajstić information content (AvgIpc) is 3.49. The zero-order valence-electron chi connectivity index (χ0n) is 18.2. The maximum absolute atomic E-state index is 5.13. The number of rotatable bonds is 7. The van der Waals surface area contributed by atoms with Gasteiger partial charge in [-0.3, -0.25) is 0 Å². The van der Waals surface area contributed by atoms with E-state index < -0.39 is 0 Å². The van der Waals surface area contributed by atoms with Gasteiger partial charge in [0.25, 0.3) is 0 Å². The second kappa shape index (κ2) is 9.06. The lowest BCUT2D eigenvalue weighted by molar-refractivity contribution is 0.794. The van der Waals surface area contributed by atoms with E-state index in [2.05, 4.69) is 73.8 Å². The second-order valence-electron chi connectivity index (χ2n) is 7.92. The Labute approximate surface area is 188 Å². The van der Waals surface area contributed by atoms with Crippen molar-refractivity contribution in [2.75, 3.05) is 0 Å². The molecule has 4 heteroatoms. The summed E-state index contributed by atoms with van der Waals surface area (Å²) in [6.45, 7) is 2.22. The smallest absolute Gasteiger partial charge is 0.119 e. The lowest BCUT2D eigenvalue weighted by Crippen LogP contribution is -2.01. The highest BCUT2D eigenvalue weighted by Crippen LogP contribution is 2.37. The molecule has 2 aromatic heterocycles. The van der Waals surface area contributed by atoms with Crippen LogP contribution in [-0.2, 0) is 6.42 Å². The molecule has 4 nitrogen and oxygen atoms in total. The van der Waals surface area contributed by atoms with E-state index in [-0.39, 0.29) is 0 Å². The number of nitrogens with zero attached hydrogens (tertiary/aromatic N) is 4. The summed E-state index contributed by atoms with van der Waals surface area (Å²) in [5, 5.41) is 9.91. The molecule has 5 aromatic rings.